The topological polar surface area (TPSA) is 68.3 Å². The number of carbonyl (C=O) groups excluding carboxylic acids is 2. The number of carbonyl (C=O) groups is 2. The number of benzene rings is 2. The van der Waals surface area contributed by atoms with Crippen LogP contribution in [-0.2, 0) is 16.0 Å². The molecule has 0 atom stereocenters. The van der Waals surface area contributed by atoms with E-state index in [4.69, 9.17) is 4.74 Å². The second-order valence-electron chi connectivity index (χ2n) is 6.21. The lowest BCUT2D eigenvalue weighted by molar-refractivity contribution is -0.124. The van der Waals surface area contributed by atoms with E-state index in [0.717, 1.165) is 21.7 Å². The Bertz CT molecular complexity index is 953. The van der Waals surface area contributed by atoms with Gasteiger partial charge < -0.3 is 10.1 Å². The van der Waals surface area contributed by atoms with Gasteiger partial charge in [-0.05, 0) is 31.0 Å². The van der Waals surface area contributed by atoms with E-state index >= 15 is 0 Å². The van der Waals surface area contributed by atoms with Gasteiger partial charge in [0.25, 0.3) is 5.91 Å². The Morgan fingerprint density at radius 3 is 2.54 bits per heavy atom. The fraction of sp³-hybridized carbons (Fsp3) is 0.190. The first-order valence-electron chi connectivity index (χ1n) is 8.72. The second kappa shape index (κ2) is 9.23. The van der Waals surface area contributed by atoms with Crippen molar-refractivity contribution in [2.24, 2.45) is 0 Å². The van der Waals surface area contributed by atoms with Gasteiger partial charge in [-0.3, -0.25) is 4.79 Å². The monoisotopic (exact) mass is 398 g/mol. The summed E-state index contributed by atoms with van der Waals surface area (Å²) in [6.07, 6.45) is 0.561. The number of aryl methyl sites for hydroxylation is 1. The van der Waals surface area contributed by atoms with E-state index in [-0.39, 0.29) is 18.1 Å². The van der Waals surface area contributed by atoms with Crippen molar-refractivity contribution in [3.05, 3.63) is 76.5 Å². The van der Waals surface area contributed by atoms with Gasteiger partial charge in [0.1, 0.15) is 10.8 Å². The quantitative estimate of drug-likeness (QED) is 0.615. The lowest BCUT2D eigenvalue weighted by Gasteiger charge is -2.06. The molecule has 1 heterocycles. The highest BCUT2D eigenvalue weighted by Crippen LogP contribution is 2.24. The molecule has 1 N–H and O–H groups in total. The molecule has 0 fully saturated rings. The van der Waals surface area contributed by atoms with E-state index < -0.39 is 11.9 Å². The molecular weight excluding hydrogens is 379 g/mol. The molecule has 0 unspecified atom stereocenters. The Morgan fingerprint density at radius 2 is 1.82 bits per heavy atom. The average molecular weight is 398 g/mol. The second-order valence-corrected chi connectivity index (χ2v) is 7.06. The van der Waals surface area contributed by atoms with Crippen LogP contribution >= 0.6 is 11.3 Å². The van der Waals surface area contributed by atoms with E-state index in [2.05, 4.69) is 10.3 Å². The number of halogens is 1. The fourth-order valence-electron chi connectivity index (χ4n) is 2.45. The summed E-state index contributed by atoms with van der Waals surface area (Å²) < 4.78 is 17.9. The number of hydrogen-bond donors (Lipinski definition) is 1. The van der Waals surface area contributed by atoms with Crippen LogP contribution in [0.3, 0.4) is 0 Å². The van der Waals surface area contributed by atoms with Gasteiger partial charge in [0.2, 0.25) is 0 Å². The van der Waals surface area contributed by atoms with Crippen LogP contribution in [0.2, 0.25) is 0 Å². The van der Waals surface area contributed by atoms with Gasteiger partial charge in [0, 0.05) is 17.5 Å². The molecule has 0 saturated carbocycles. The van der Waals surface area contributed by atoms with Crippen LogP contribution in [0.5, 0.6) is 0 Å². The standard InChI is InChI=1S/C21H19FN2O3S/c1-14-2-6-16(7-3-14)20-24-18(13-28-20)21(26)27-12-19(25)23-11-10-15-4-8-17(22)9-5-15/h2-9,13H,10-12H2,1H3,(H,23,25). The molecule has 0 bridgehead atoms. The third-order valence-electron chi connectivity index (χ3n) is 4.00. The maximum atomic E-state index is 12.8. The summed E-state index contributed by atoms with van der Waals surface area (Å²) in [7, 11) is 0. The third kappa shape index (κ3) is 5.47. The highest BCUT2D eigenvalue weighted by atomic mass is 32.1. The minimum absolute atomic E-state index is 0.180. The third-order valence-corrected chi connectivity index (χ3v) is 4.89. The van der Waals surface area contributed by atoms with Gasteiger partial charge in [-0.25, -0.2) is 14.2 Å². The maximum Gasteiger partial charge on any atom is 0.358 e. The molecule has 28 heavy (non-hydrogen) atoms. The zero-order valence-corrected chi connectivity index (χ0v) is 16.1. The van der Waals surface area contributed by atoms with Gasteiger partial charge in [-0.2, -0.15) is 0 Å². The van der Waals surface area contributed by atoms with Crippen LogP contribution in [-0.4, -0.2) is 30.0 Å². The number of nitrogens with one attached hydrogen (secondary N) is 1. The molecule has 1 amide bonds. The Labute approximate surface area is 166 Å². The summed E-state index contributed by atoms with van der Waals surface area (Å²) in [6.45, 7) is 2.00. The molecule has 0 aliphatic heterocycles. The minimum Gasteiger partial charge on any atom is -0.451 e. The fourth-order valence-corrected chi connectivity index (χ4v) is 3.25. The summed E-state index contributed by atoms with van der Waals surface area (Å²) >= 11 is 1.34. The summed E-state index contributed by atoms with van der Waals surface area (Å²) in [6, 6.07) is 13.9. The number of thiazole rings is 1. The van der Waals surface area contributed by atoms with Gasteiger partial charge in [0.15, 0.2) is 12.3 Å². The van der Waals surface area contributed by atoms with Crippen LogP contribution in [0.4, 0.5) is 4.39 Å². The van der Waals surface area contributed by atoms with Crippen molar-refractivity contribution in [1.29, 1.82) is 0 Å². The number of rotatable bonds is 7. The van der Waals surface area contributed by atoms with Crippen molar-refractivity contribution in [3.63, 3.8) is 0 Å². The summed E-state index contributed by atoms with van der Waals surface area (Å²) in [5.41, 5.74) is 3.16. The number of esters is 1. The highest BCUT2D eigenvalue weighted by Gasteiger charge is 2.14. The highest BCUT2D eigenvalue weighted by molar-refractivity contribution is 7.13. The van der Waals surface area contributed by atoms with Crippen LogP contribution in [0, 0.1) is 12.7 Å². The van der Waals surface area contributed by atoms with Gasteiger partial charge in [-0.1, -0.05) is 42.0 Å². The van der Waals surface area contributed by atoms with Crippen LogP contribution in [0.15, 0.2) is 53.9 Å². The normalized spacial score (nSPS) is 10.5. The van der Waals surface area contributed by atoms with Crippen molar-refractivity contribution in [3.8, 4) is 10.6 Å². The lowest BCUT2D eigenvalue weighted by Crippen LogP contribution is -2.30. The minimum atomic E-state index is -0.636. The molecule has 144 valence electrons. The zero-order chi connectivity index (χ0) is 19.9. The average Bonchev–Trinajstić information content (AvgIpc) is 3.18. The molecule has 5 nitrogen and oxygen atoms in total. The lowest BCUT2D eigenvalue weighted by atomic mass is 10.1. The Balaban J connectivity index is 1.44. The Morgan fingerprint density at radius 1 is 1.11 bits per heavy atom. The van der Waals surface area contributed by atoms with Crippen molar-refractivity contribution >= 4 is 23.2 Å². The molecule has 0 aliphatic carbocycles. The predicted molar refractivity (Wildman–Crippen MR) is 106 cm³/mol. The first-order chi connectivity index (χ1) is 13.5. The van der Waals surface area contributed by atoms with Crippen LogP contribution < -0.4 is 5.32 Å². The summed E-state index contributed by atoms with van der Waals surface area (Å²) in [5, 5.41) is 4.99. The molecule has 0 aliphatic rings. The van der Waals surface area contributed by atoms with Crippen molar-refractivity contribution < 1.29 is 18.7 Å². The van der Waals surface area contributed by atoms with E-state index in [1.807, 2.05) is 31.2 Å². The van der Waals surface area contributed by atoms with Crippen LogP contribution in [0.25, 0.3) is 10.6 Å². The van der Waals surface area contributed by atoms with Gasteiger partial charge >= 0.3 is 5.97 Å². The van der Waals surface area contributed by atoms with E-state index in [0.29, 0.717) is 13.0 Å². The van der Waals surface area contributed by atoms with Gasteiger partial charge in [-0.15, -0.1) is 11.3 Å². The molecule has 0 saturated heterocycles. The van der Waals surface area contributed by atoms with E-state index in [9.17, 15) is 14.0 Å². The predicted octanol–water partition coefficient (Wildman–Crippen LogP) is 3.77. The zero-order valence-electron chi connectivity index (χ0n) is 15.3. The van der Waals surface area contributed by atoms with Crippen molar-refractivity contribution in [1.82, 2.24) is 10.3 Å². The molecule has 3 aromatic rings. The largest absolute Gasteiger partial charge is 0.451 e. The summed E-state index contributed by atoms with van der Waals surface area (Å²) in [5.74, 6) is -1.33. The smallest absolute Gasteiger partial charge is 0.358 e. The van der Waals surface area contributed by atoms with Crippen molar-refractivity contribution in [2.45, 2.75) is 13.3 Å². The number of amides is 1. The summed E-state index contributed by atoms with van der Waals surface area (Å²) in [4.78, 5) is 28.2. The van der Waals surface area contributed by atoms with Crippen LogP contribution in [0.1, 0.15) is 21.6 Å². The SMILES string of the molecule is Cc1ccc(-c2nc(C(=O)OCC(=O)NCCc3ccc(F)cc3)cs2)cc1. The molecule has 3 rings (SSSR count). The number of hydrogen-bond acceptors (Lipinski definition) is 5. The molecule has 2 aromatic carbocycles. The van der Waals surface area contributed by atoms with Gasteiger partial charge in [0.05, 0.1) is 0 Å². The first kappa shape index (κ1) is 19.7. The van der Waals surface area contributed by atoms with Crippen molar-refractivity contribution in [2.75, 3.05) is 13.2 Å². The Hall–Kier alpha value is -3.06. The number of nitrogens with zero attached hydrogens (tertiary/aromatic N) is 1. The first-order valence-corrected chi connectivity index (χ1v) is 9.60. The number of ether oxygens (including phenoxy) is 1. The molecule has 7 heteroatoms. The van der Waals surface area contributed by atoms with E-state index in [1.54, 1.807) is 17.5 Å². The molecule has 0 spiro atoms. The molecule has 0 radical (unpaired) electrons. The molecular formula is C21H19FN2O3S. The van der Waals surface area contributed by atoms with E-state index in [1.165, 1.54) is 23.5 Å². The molecule has 1 aromatic heterocycles. The maximum absolute atomic E-state index is 12.8. The number of aromatic nitrogens is 1. The Kier molecular flexibility index (Phi) is 6.49.